The van der Waals surface area contributed by atoms with Crippen LogP contribution >= 0.6 is 0 Å². The molecule has 2 rings (SSSR count). The number of hydrogen-bond donors (Lipinski definition) is 1. The number of hydrogen-bond acceptors (Lipinski definition) is 5. The first-order chi connectivity index (χ1) is 11.7. The smallest absolute Gasteiger partial charge is 0.373 e. The van der Waals surface area contributed by atoms with Gasteiger partial charge in [0.15, 0.2) is 0 Å². The van der Waals surface area contributed by atoms with E-state index in [0.717, 1.165) is 25.4 Å². The quantitative estimate of drug-likeness (QED) is 0.715. The van der Waals surface area contributed by atoms with Gasteiger partial charge in [-0.15, -0.1) is 0 Å². The van der Waals surface area contributed by atoms with Crippen molar-refractivity contribution >= 4 is 5.97 Å². The van der Waals surface area contributed by atoms with Crippen LogP contribution in [0, 0.1) is 0 Å². The molecule has 5 nitrogen and oxygen atoms in total. The molecule has 2 aromatic rings. The molecule has 1 atom stereocenters. The molecule has 24 heavy (non-hydrogen) atoms. The van der Waals surface area contributed by atoms with Crippen molar-refractivity contribution in [1.82, 2.24) is 10.2 Å². The number of rotatable bonds is 9. The second kappa shape index (κ2) is 9.25. The summed E-state index contributed by atoms with van der Waals surface area (Å²) in [5, 5.41) is 3.43. The average molecular weight is 330 g/mol. The largest absolute Gasteiger partial charge is 0.463 e. The monoisotopic (exact) mass is 330 g/mol. The molecule has 0 amide bonds. The predicted octanol–water partition coefficient (Wildman–Crippen LogP) is 3.24. The van der Waals surface area contributed by atoms with Crippen LogP contribution in [0.2, 0.25) is 0 Å². The molecular formula is C19H26N2O3. The summed E-state index contributed by atoms with van der Waals surface area (Å²) in [6.07, 6.45) is 0. The maximum absolute atomic E-state index is 11.4. The fourth-order valence-corrected chi connectivity index (χ4v) is 2.81. The lowest BCUT2D eigenvalue weighted by Gasteiger charge is -2.30. The van der Waals surface area contributed by atoms with Gasteiger partial charge in [0.25, 0.3) is 0 Å². The summed E-state index contributed by atoms with van der Waals surface area (Å²) in [5.41, 5.74) is 1.29. The van der Waals surface area contributed by atoms with E-state index in [1.54, 1.807) is 12.1 Å². The van der Waals surface area contributed by atoms with Crippen LogP contribution in [0.3, 0.4) is 0 Å². The van der Waals surface area contributed by atoms with E-state index >= 15 is 0 Å². The normalized spacial score (nSPS) is 12.3. The summed E-state index contributed by atoms with van der Waals surface area (Å²) in [6.45, 7) is 7.71. The summed E-state index contributed by atoms with van der Waals surface area (Å²) in [7, 11) is 1.34. The van der Waals surface area contributed by atoms with Crippen LogP contribution in [-0.4, -0.2) is 37.6 Å². The van der Waals surface area contributed by atoms with Gasteiger partial charge in [0.1, 0.15) is 5.76 Å². The zero-order chi connectivity index (χ0) is 17.4. The van der Waals surface area contributed by atoms with Gasteiger partial charge in [0.05, 0.1) is 13.7 Å². The van der Waals surface area contributed by atoms with Gasteiger partial charge in [-0.1, -0.05) is 44.2 Å². The molecule has 1 aromatic carbocycles. The molecule has 0 fully saturated rings. The van der Waals surface area contributed by atoms with Gasteiger partial charge in [-0.25, -0.2) is 4.79 Å². The molecule has 0 aliphatic carbocycles. The second-order valence-corrected chi connectivity index (χ2v) is 5.54. The Morgan fingerprint density at radius 1 is 1.17 bits per heavy atom. The molecular weight excluding hydrogens is 304 g/mol. The van der Waals surface area contributed by atoms with Gasteiger partial charge in [0, 0.05) is 12.6 Å². The van der Waals surface area contributed by atoms with Gasteiger partial charge in [-0.05, 0) is 30.8 Å². The summed E-state index contributed by atoms with van der Waals surface area (Å²) in [4.78, 5) is 13.8. The van der Waals surface area contributed by atoms with Crippen LogP contribution in [0.1, 0.15) is 41.8 Å². The number of carbonyl (C=O) groups excluding carboxylic acids is 1. The standard InChI is InChI=1S/C19H26N2O3/c1-4-21(5-2)17(15-9-7-6-8-10-15)14-20-13-16-11-12-18(24-16)19(22)23-3/h6-12,17,20H,4-5,13-14H2,1-3H3. The van der Waals surface area contributed by atoms with E-state index in [-0.39, 0.29) is 5.76 Å². The third-order valence-electron chi connectivity index (χ3n) is 4.12. The first kappa shape index (κ1) is 18.2. The average Bonchev–Trinajstić information content (AvgIpc) is 3.10. The molecule has 0 bridgehead atoms. The Kier molecular flexibility index (Phi) is 7.03. The highest BCUT2D eigenvalue weighted by atomic mass is 16.5. The van der Waals surface area contributed by atoms with Gasteiger partial charge in [0.2, 0.25) is 5.76 Å². The predicted molar refractivity (Wildman–Crippen MR) is 93.9 cm³/mol. The van der Waals surface area contributed by atoms with E-state index in [0.29, 0.717) is 12.6 Å². The van der Waals surface area contributed by atoms with Crippen molar-refractivity contribution in [3.05, 3.63) is 59.5 Å². The van der Waals surface area contributed by atoms with Gasteiger partial charge in [-0.2, -0.15) is 0 Å². The molecule has 0 spiro atoms. The number of methoxy groups -OCH3 is 1. The van der Waals surface area contributed by atoms with E-state index in [9.17, 15) is 4.79 Å². The Bertz CT molecular complexity index is 621. The zero-order valence-corrected chi connectivity index (χ0v) is 14.6. The molecule has 0 aliphatic rings. The summed E-state index contributed by atoms with van der Waals surface area (Å²) in [6, 6.07) is 14.2. The number of furan rings is 1. The van der Waals surface area contributed by atoms with Crippen LogP contribution in [0.15, 0.2) is 46.9 Å². The first-order valence-corrected chi connectivity index (χ1v) is 8.36. The van der Waals surface area contributed by atoms with Crippen molar-refractivity contribution in [3.63, 3.8) is 0 Å². The number of likely N-dealkylation sites (N-methyl/N-ethyl adjacent to an activating group) is 1. The molecule has 1 heterocycles. The number of nitrogens with one attached hydrogen (secondary N) is 1. The number of esters is 1. The highest BCUT2D eigenvalue weighted by molar-refractivity contribution is 5.86. The van der Waals surface area contributed by atoms with Gasteiger partial charge >= 0.3 is 5.97 Å². The van der Waals surface area contributed by atoms with Crippen molar-refractivity contribution in [2.24, 2.45) is 0 Å². The Labute approximate surface area is 143 Å². The minimum atomic E-state index is -0.452. The third kappa shape index (κ3) is 4.69. The molecule has 0 radical (unpaired) electrons. The SMILES string of the molecule is CCN(CC)C(CNCc1ccc(C(=O)OC)o1)c1ccccc1. The van der Waals surface area contributed by atoms with Gasteiger partial charge in [-0.3, -0.25) is 4.90 Å². The van der Waals surface area contributed by atoms with E-state index < -0.39 is 5.97 Å². The molecule has 0 saturated heterocycles. The molecule has 130 valence electrons. The van der Waals surface area contributed by atoms with Crippen molar-refractivity contribution in [1.29, 1.82) is 0 Å². The minimum Gasteiger partial charge on any atom is -0.463 e. The Morgan fingerprint density at radius 2 is 1.88 bits per heavy atom. The van der Waals surface area contributed by atoms with Crippen LogP contribution < -0.4 is 5.32 Å². The first-order valence-electron chi connectivity index (χ1n) is 8.36. The second-order valence-electron chi connectivity index (χ2n) is 5.54. The molecule has 1 aromatic heterocycles. The van der Waals surface area contributed by atoms with Crippen LogP contribution in [0.4, 0.5) is 0 Å². The van der Waals surface area contributed by atoms with E-state index in [2.05, 4.69) is 53.1 Å². The minimum absolute atomic E-state index is 0.234. The number of ether oxygens (including phenoxy) is 1. The number of carbonyl (C=O) groups is 1. The Hall–Kier alpha value is -2.11. The summed E-state index contributed by atoms with van der Waals surface area (Å²) < 4.78 is 10.1. The van der Waals surface area contributed by atoms with Crippen LogP contribution in [0.5, 0.6) is 0 Å². The lowest BCUT2D eigenvalue weighted by Crippen LogP contribution is -2.35. The third-order valence-corrected chi connectivity index (χ3v) is 4.12. The fraction of sp³-hybridized carbons (Fsp3) is 0.421. The van der Waals surface area contributed by atoms with Crippen molar-refractivity contribution in [3.8, 4) is 0 Å². The van der Waals surface area contributed by atoms with Crippen LogP contribution in [0.25, 0.3) is 0 Å². The maximum Gasteiger partial charge on any atom is 0.373 e. The van der Waals surface area contributed by atoms with E-state index in [1.165, 1.54) is 12.7 Å². The zero-order valence-electron chi connectivity index (χ0n) is 14.6. The molecule has 0 aliphatic heterocycles. The number of benzene rings is 1. The topological polar surface area (TPSA) is 54.7 Å². The number of nitrogens with zero attached hydrogens (tertiary/aromatic N) is 1. The Balaban J connectivity index is 1.98. The molecule has 1 N–H and O–H groups in total. The molecule has 0 saturated carbocycles. The lowest BCUT2D eigenvalue weighted by atomic mass is 10.1. The van der Waals surface area contributed by atoms with Crippen molar-refractivity contribution in [2.45, 2.75) is 26.4 Å². The van der Waals surface area contributed by atoms with Crippen molar-refractivity contribution < 1.29 is 13.9 Å². The van der Waals surface area contributed by atoms with Crippen LogP contribution in [-0.2, 0) is 11.3 Å². The highest BCUT2D eigenvalue weighted by Gasteiger charge is 2.17. The Morgan fingerprint density at radius 3 is 2.50 bits per heavy atom. The molecule has 1 unspecified atom stereocenters. The van der Waals surface area contributed by atoms with E-state index in [1.807, 2.05) is 6.07 Å². The maximum atomic E-state index is 11.4. The lowest BCUT2D eigenvalue weighted by molar-refractivity contribution is 0.0562. The summed E-state index contributed by atoms with van der Waals surface area (Å²) >= 11 is 0. The van der Waals surface area contributed by atoms with Gasteiger partial charge < -0.3 is 14.5 Å². The summed E-state index contributed by atoms with van der Waals surface area (Å²) in [5.74, 6) is 0.506. The van der Waals surface area contributed by atoms with E-state index in [4.69, 9.17) is 4.42 Å². The highest BCUT2D eigenvalue weighted by Crippen LogP contribution is 2.19. The fourth-order valence-electron chi connectivity index (χ4n) is 2.81. The van der Waals surface area contributed by atoms with Crippen molar-refractivity contribution in [2.75, 3.05) is 26.7 Å². The molecule has 5 heteroatoms.